The number of amides is 1. The molecule has 0 bridgehead atoms. The van der Waals surface area contributed by atoms with Gasteiger partial charge in [-0.15, -0.1) is 0 Å². The van der Waals surface area contributed by atoms with Crippen LogP contribution < -0.4 is 10.6 Å². The van der Waals surface area contributed by atoms with E-state index in [1.807, 2.05) is 32.9 Å². The van der Waals surface area contributed by atoms with Crippen molar-refractivity contribution in [3.8, 4) is 0 Å². The minimum Gasteiger partial charge on any atom is -0.469 e. The molecule has 0 spiro atoms. The molecule has 1 heterocycles. The number of carbonyl (C=O) groups excluding carboxylic acids is 1. The maximum Gasteiger partial charge on any atom is 0.221 e. The number of hydrogen-bond donors (Lipinski definition) is 2. The Morgan fingerprint density at radius 2 is 2.17 bits per heavy atom. The molecule has 0 saturated heterocycles. The molecule has 1 amide bonds. The fourth-order valence-corrected chi connectivity index (χ4v) is 1.92. The number of furan rings is 1. The minimum absolute atomic E-state index is 0.107. The Hall–Kier alpha value is -1.29. The maximum absolute atomic E-state index is 11.7. The van der Waals surface area contributed by atoms with Gasteiger partial charge in [0.2, 0.25) is 5.91 Å². The summed E-state index contributed by atoms with van der Waals surface area (Å²) in [4.78, 5) is 11.7. The molecular weight excluding hydrogens is 228 g/mol. The number of hydrogen-bond acceptors (Lipinski definition) is 3. The quantitative estimate of drug-likeness (QED) is 0.745. The Labute approximate surface area is 109 Å². The largest absolute Gasteiger partial charge is 0.469 e. The van der Waals surface area contributed by atoms with Gasteiger partial charge in [0.05, 0.1) is 6.26 Å². The number of carbonyl (C=O) groups is 1. The van der Waals surface area contributed by atoms with Crippen LogP contribution in [0.1, 0.15) is 39.4 Å². The van der Waals surface area contributed by atoms with Crippen molar-refractivity contribution in [2.45, 2.75) is 52.1 Å². The van der Waals surface area contributed by atoms with Gasteiger partial charge in [-0.1, -0.05) is 6.92 Å². The van der Waals surface area contributed by atoms with Gasteiger partial charge in [-0.3, -0.25) is 4.79 Å². The first-order valence-corrected chi connectivity index (χ1v) is 6.67. The molecule has 1 aromatic rings. The molecule has 4 nitrogen and oxygen atoms in total. The second-order valence-electron chi connectivity index (χ2n) is 4.75. The van der Waals surface area contributed by atoms with Gasteiger partial charge < -0.3 is 15.1 Å². The first-order chi connectivity index (χ1) is 8.61. The van der Waals surface area contributed by atoms with Crippen LogP contribution in [0.15, 0.2) is 22.8 Å². The average molecular weight is 252 g/mol. The molecule has 0 aliphatic carbocycles. The fraction of sp³-hybridized carbons (Fsp3) is 0.643. The zero-order chi connectivity index (χ0) is 13.4. The van der Waals surface area contributed by atoms with Crippen LogP contribution in [-0.4, -0.2) is 24.5 Å². The molecule has 2 unspecified atom stereocenters. The fourth-order valence-electron chi connectivity index (χ4n) is 1.92. The van der Waals surface area contributed by atoms with Crippen LogP contribution in [0.2, 0.25) is 0 Å². The first-order valence-electron chi connectivity index (χ1n) is 6.67. The minimum atomic E-state index is 0.107. The van der Waals surface area contributed by atoms with E-state index in [1.54, 1.807) is 6.26 Å². The van der Waals surface area contributed by atoms with Crippen LogP contribution in [0.3, 0.4) is 0 Å². The highest BCUT2D eigenvalue weighted by Gasteiger charge is 2.11. The molecule has 18 heavy (non-hydrogen) atoms. The third-order valence-electron chi connectivity index (χ3n) is 2.86. The van der Waals surface area contributed by atoms with Crippen molar-refractivity contribution in [2.24, 2.45) is 0 Å². The Kier molecular flexibility index (Phi) is 6.50. The summed E-state index contributed by atoms with van der Waals surface area (Å²) in [5.74, 6) is 1.08. The van der Waals surface area contributed by atoms with E-state index >= 15 is 0 Å². The van der Waals surface area contributed by atoms with Crippen molar-refractivity contribution >= 4 is 5.91 Å². The lowest BCUT2D eigenvalue weighted by atomic mass is 10.1. The van der Waals surface area contributed by atoms with Crippen LogP contribution >= 0.6 is 0 Å². The summed E-state index contributed by atoms with van der Waals surface area (Å²) < 4.78 is 5.26. The van der Waals surface area contributed by atoms with Crippen LogP contribution in [0.5, 0.6) is 0 Å². The zero-order valence-corrected chi connectivity index (χ0v) is 11.5. The number of rotatable bonds is 8. The highest BCUT2D eigenvalue weighted by Crippen LogP contribution is 2.06. The molecule has 0 fully saturated rings. The average Bonchev–Trinajstić information content (AvgIpc) is 2.79. The third kappa shape index (κ3) is 5.87. The zero-order valence-electron chi connectivity index (χ0n) is 11.5. The van der Waals surface area contributed by atoms with Crippen molar-refractivity contribution in [1.82, 2.24) is 10.6 Å². The standard InChI is InChI=1S/C14H24N2O2/c1-4-15-12(3)10-14(17)16-11(2)7-8-13-6-5-9-18-13/h5-6,9,11-12,15H,4,7-8,10H2,1-3H3,(H,16,17). The van der Waals surface area contributed by atoms with Gasteiger partial charge in [-0.25, -0.2) is 0 Å². The van der Waals surface area contributed by atoms with Gasteiger partial charge in [0.25, 0.3) is 0 Å². The van der Waals surface area contributed by atoms with E-state index in [4.69, 9.17) is 4.42 Å². The molecule has 2 N–H and O–H groups in total. The summed E-state index contributed by atoms with van der Waals surface area (Å²) in [6, 6.07) is 4.25. The second kappa shape index (κ2) is 7.93. The van der Waals surface area contributed by atoms with E-state index in [1.165, 1.54) is 0 Å². The molecule has 0 radical (unpaired) electrons. The van der Waals surface area contributed by atoms with Crippen molar-refractivity contribution in [2.75, 3.05) is 6.54 Å². The monoisotopic (exact) mass is 252 g/mol. The molecule has 0 aromatic carbocycles. The van der Waals surface area contributed by atoms with Crippen molar-refractivity contribution < 1.29 is 9.21 Å². The summed E-state index contributed by atoms with van der Waals surface area (Å²) in [5.41, 5.74) is 0. The maximum atomic E-state index is 11.7. The van der Waals surface area contributed by atoms with Crippen LogP contribution in [0, 0.1) is 0 Å². The van der Waals surface area contributed by atoms with Crippen molar-refractivity contribution in [3.05, 3.63) is 24.2 Å². The highest BCUT2D eigenvalue weighted by molar-refractivity contribution is 5.76. The van der Waals surface area contributed by atoms with Crippen molar-refractivity contribution in [1.29, 1.82) is 0 Å². The van der Waals surface area contributed by atoms with Crippen LogP contribution in [0.4, 0.5) is 0 Å². The lowest BCUT2D eigenvalue weighted by molar-refractivity contribution is -0.122. The Morgan fingerprint density at radius 3 is 2.78 bits per heavy atom. The predicted octanol–water partition coefficient (Wildman–Crippen LogP) is 2.10. The van der Waals surface area contributed by atoms with Gasteiger partial charge in [0, 0.05) is 24.9 Å². The summed E-state index contributed by atoms with van der Waals surface area (Å²) in [6.45, 7) is 6.98. The Morgan fingerprint density at radius 1 is 1.39 bits per heavy atom. The molecule has 0 aliphatic rings. The summed E-state index contributed by atoms with van der Waals surface area (Å²) in [5, 5.41) is 6.24. The van der Waals surface area contributed by atoms with Crippen molar-refractivity contribution in [3.63, 3.8) is 0 Å². The SMILES string of the molecule is CCNC(C)CC(=O)NC(C)CCc1ccco1. The van der Waals surface area contributed by atoms with E-state index in [2.05, 4.69) is 10.6 Å². The molecule has 102 valence electrons. The molecule has 1 rings (SSSR count). The summed E-state index contributed by atoms with van der Waals surface area (Å²) in [7, 11) is 0. The Bertz CT molecular complexity index is 336. The smallest absolute Gasteiger partial charge is 0.221 e. The number of aryl methyl sites for hydroxylation is 1. The highest BCUT2D eigenvalue weighted by atomic mass is 16.3. The lowest BCUT2D eigenvalue weighted by Gasteiger charge is -2.16. The van der Waals surface area contributed by atoms with Gasteiger partial charge in [-0.05, 0) is 38.9 Å². The first kappa shape index (κ1) is 14.8. The molecule has 1 aromatic heterocycles. The summed E-state index contributed by atoms with van der Waals surface area (Å²) >= 11 is 0. The molecule has 0 saturated carbocycles. The van der Waals surface area contributed by atoms with E-state index in [-0.39, 0.29) is 18.0 Å². The second-order valence-corrected chi connectivity index (χ2v) is 4.75. The Balaban J connectivity index is 2.18. The van der Waals surface area contributed by atoms with E-state index in [0.717, 1.165) is 25.1 Å². The van der Waals surface area contributed by atoms with Gasteiger partial charge in [-0.2, -0.15) is 0 Å². The molecular formula is C14H24N2O2. The van der Waals surface area contributed by atoms with E-state index in [0.29, 0.717) is 6.42 Å². The molecule has 2 atom stereocenters. The normalized spacial score (nSPS) is 14.2. The number of nitrogens with one attached hydrogen (secondary N) is 2. The third-order valence-corrected chi connectivity index (χ3v) is 2.86. The van der Waals surface area contributed by atoms with E-state index in [9.17, 15) is 4.79 Å². The van der Waals surface area contributed by atoms with Gasteiger partial charge in [0.15, 0.2) is 0 Å². The molecule has 4 heteroatoms. The summed E-state index contributed by atoms with van der Waals surface area (Å²) in [6.07, 6.45) is 3.96. The predicted molar refractivity (Wildman–Crippen MR) is 72.4 cm³/mol. The van der Waals surface area contributed by atoms with Gasteiger partial charge in [0.1, 0.15) is 5.76 Å². The van der Waals surface area contributed by atoms with E-state index < -0.39 is 0 Å². The van der Waals surface area contributed by atoms with Crippen LogP contribution in [0.25, 0.3) is 0 Å². The topological polar surface area (TPSA) is 54.3 Å². The molecule has 0 aliphatic heterocycles. The van der Waals surface area contributed by atoms with Crippen LogP contribution in [-0.2, 0) is 11.2 Å². The van der Waals surface area contributed by atoms with Gasteiger partial charge >= 0.3 is 0 Å². The lowest BCUT2D eigenvalue weighted by Crippen LogP contribution is -2.37.